The van der Waals surface area contributed by atoms with Crippen molar-refractivity contribution < 1.29 is 9.84 Å². The van der Waals surface area contributed by atoms with Gasteiger partial charge in [-0.1, -0.05) is 23.7 Å². The van der Waals surface area contributed by atoms with Crippen LogP contribution in [-0.4, -0.2) is 17.2 Å². The van der Waals surface area contributed by atoms with Gasteiger partial charge in [-0.25, -0.2) is 0 Å². The molecular formula is C18H16ClNO2. The predicted octanol–water partition coefficient (Wildman–Crippen LogP) is 4.29. The fraction of sp³-hybridized carbons (Fsp3) is 0.167. The van der Waals surface area contributed by atoms with Gasteiger partial charge in [-0.2, -0.15) is 0 Å². The van der Waals surface area contributed by atoms with Crippen molar-refractivity contribution in [3.8, 4) is 5.75 Å². The molecule has 0 aliphatic rings. The molecule has 0 saturated carbocycles. The van der Waals surface area contributed by atoms with E-state index in [0.717, 1.165) is 27.8 Å². The van der Waals surface area contributed by atoms with E-state index in [1.165, 1.54) is 0 Å². The van der Waals surface area contributed by atoms with E-state index in [-0.39, 0.29) is 0 Å². The molecule has 4 heteroatoms. The van der Waals surface area contributed by atoms with Gasteiger partial charge in [0, 0.05) is 16.1 Å². The van der Waals surface area contributed by atoms with Crippen molar-refractivity contribution in [2.75, 3.05) is 7.11 Å². The summed E-state index contributed by atoms with van der Waals surface area (Å²) in [5.74, 6) is 0.782. The van der Waals surface area contributed by atoms with E-state index >= 15 is 0 Å². The van der Waals surface area contributed by atoms with Crippen LogP contribution in [0.25, 0.3) is 10.8 Å². The quantitative estimate of drug-likeness (QED) is 0.784. The van der Waals surface area contributed by atoms with Crippen LogP contribution in [0.5, 0.6) is 5.75 Å². The molecule has 3 rings (SSSR count). The number of rotatable bonds is 3. The number of methoxy groups -OCH3 is 1. The van der Waals surface area contributed by atoms with E-state index in [4.69, 9.17) is 16.3 Å². The molecule has 112 valence electrons. The maximum Gasteiger partial charge on any atom is 0.122 e. The Morgan fingerprint density at radius 1 is 1.09 bits per heavy atom. The third kappa shape index (κ3) is 2.78. The maximum atomic E-state index is 10.7. The third-order valence-corrected chi connectivity index (χ3v) is 3.89. The van der Waals surface area contributed by atoms with Crippen molar-refractivity contribution in [1.82, 2.24) is 4.98 Å². The third-order valence-electron chi connectivity index (χ3n) is 3.64. The Morgan fingerprint density at radius 3 is 2.50 bits per heavy atom. The van der Waals surface area contributed by atoms with Gasteiger partial charge < -0.3 is 9.84 Å². The monoisotopic (exact) mass is 313 g/mol. The van der Waals surface area contributed by atoms with E-state index in [1.54, 1.807) is 19.2 Å². The lowest BCUT2D eigenvalue weighted by Gasteiger charge is -2.15. The minimum absolute atomic E-state index is 0.639. The van der Waals surface area contributed by atoms with E-state index < -0.39 is 6.10 Å². The zero-order chi connectivity index (χ0) is 15.7. The molecule has 1 heterocycles. The van der Waals surface area contributed by atoms with Gasteiger partial charge in [0.05, 0.1) is 12.8 Å². The lowest BCUT2D eigenvalue weighted by Crippen LogP contribution is -2.04. The van der Waals surface area contributed by atoms with Crippen molar-refractivity contribution in [1.29, 1.82) is 0 Å². The summed E-state index contributed by atoms with van der Waals surface area (Å²) < 4.78 is 5.26. The molecule has 0 amide bonds. The first kappa shape index (κ1) is 14.8. The van der Waals surface area contributed by atoms with Gasteiger partial charge in [0.1, 0.15) is 11.9 Å². The van der Waals surface area contributed by atoms with Crippen molar-refractivity contribution in [2.24, 2.45) is 0 Å². The van der Waals surface area contributed by atoms with Gasteiger partial charge in [0.25, 0.3) is 0 Å². The van der Waals surface area contributed by atoms with Crippen molar-refractivity contribution in [3.63, 3.8) is 0 Å². The molecular weight excluding hydrogens is 298 g/mol. The zero-order valence-electron chi connectivity index (χ0n) is 12.4. The number of aliphatic hydroxyl groups is 1. The SMILES string of the molecule is COc1ccc2c([C@H](O)c3ccc(Cl)cc3)nc(C)cc2c1. The summed E-state index contributed by atoms with van der Waals surface area (Å²) in [6, 6.07) is 14.9. The number of pyridine rings is 1. The van der Waals surface area contributed by atoms with Crippen LogP contribution in [0, 0.1) is 6.92 Å². The number of aromatic nitrogens is 1. The summed E-state index contributed by atoms with van der Waals surface area (Å²) in [5.41, 5.74) is 2.25. The molecule has 3 nitrogen and oxygen atoms in total. The maximum absolute atomic E-state index is 10.7. The van der Waals surface area contributed by atoms with Crippen LogP contribution < -0.4 is 4.74 Å². The molecule has 0 unspecified atom stereocenters. The Kier molecular flexibility index (Phi) is 4.01. The molecule has 0 saturated heterocycles. The first-order chi connectivity index (χ1) is 10.6. The first-order valence-electron chi connectivity index (χ1n) is 6.97. The minimum Gasteiger partial charge on any atom is -0.497 e. The molecule has 1 aromatic heterocycles. The van der Waals surface area contributed by atoms with Gasteiger partial charge in [0.2, 0.25) is 0 Å². The summed E-state index contributed by atoms with van der Waals surface area (Å²) in [5, 5.41) is 13.2. The molecule has 0 fully saturated rings. The van der Waals surface area contributed by atoms with Crippen LogP contribution >= 0.6 is 11.6 Å². The normalized spacial score (nSPS) is 12.4. The average molecular weight is 314 g/mol. The first-order valence-corrected chi connectivity index (χ1v) is 7.35. The zero-order valence-corrected chi connectivity index (χ0v) is 13.1. The average Bonchev–Trinajstić information content (AvgIpc) is 2.53. The molecule has 22 heavy (non-hydrogen) atoms. The summed E-state index contributed by atoms with van der Waals surface area (Å²) in [6.45, 7) is 1.91. The highest BCUT2D eigenvalue weighted by Crippen LogP contribution is 2.30. The molecule has 3 aromatic rings. The lowest BCUT2D eigenvalue weighted by atomic mass is 10.00. The summed E-state index contributed by atoms with van der Waals surface area (Å²) in [7, 11) is 1.64. The fourth-order valence-corrected chi connectivity index (χ4v) is 2.67. The number of fused-ring (bicyclic) bond motifs is 1. The van der Waals surface area contributed by atoms with Crippen molar-refractivity contribution in [2.45, 2.75) is 13.0 Å². The van der Waals surface area contributed by atoms with Crippen LogP contribution in [0.15, 0.2) is 48.5 Å². The van der Waals surface area contributed by atoms with E-state index in [1.807, 2.05) is 43.3 Å². The van der Waals surface area contributed by atoms with Crippen LogP contribution in [0.4, 0.5) is 0 Å². The summed E-state index contributed by atoms with van der Waals surface area (Å²) in [4.78, 5) is 4.53. The standard InChI is InChI=1S/C18H16ClNO2/c1-11-9-13-10-15(22-2)7-8-16(13)17(20-11)18(21)12-3-5-14(19)6-4-12/h3-10,18,21H,1-2H3/t18-/m1/s1. The van der Waals surface area contributed by atoms with Gasteiger partial charge >= 0.3 is 0 Å². The second-order valence-electron chi connectivity index (χ2n) is 5.19. The lowest BCUT2D eigenvalue weighted by molar-refractivity contribution is 0.217. The number of ether oxygens (including phenoxy) is 1. The highest BCUT2D eigenvalue weighted by atomic mass is 35.5. The highest BCUT2D eigenvalue weighted by Gasteiger charge is 2.16. The molecule has 1 N–H and O–H groups in total. The van der Waals surface area contributed by atoms with Crippen molar-refractivity contribution in [3.05, 3.63) is 70.5 Å². The molecule has 0 spiro atoms. The molecule has 2 aromatic carbocycles. The number of nitrogens with zero attached hydrogens (tertiary/aromatic N) is 1. The Balaban J connectivity index is 2.14. The minimum atomic E-state index is -0.798. The van der Waals surface area contributed by atoms with Gasteiger partial charge in [-0.3, -0.25) is 4.98 Å². The smallest absolute Gasteiger partial charge is 0.122 e. The van der Waals surface area contributed by atoms with Crippen LogP contribution in [-0.2, 0) is 0 Å². The Labute approximate surface area is 134 Å². The second kappa shape index (κ2) is 5.95. The van der Waals surface area contributed by atoms with E-state index in [0.29, 0.717) is 10.7 Å². The van der Waals surface area contributed by atoms with Gasteiger partial charge in [-0.15, -0.1) is 0 Å². The topological polar surface area (TPSA) is 42.4 Å². The fourth-order valence-electron chi connectivity index (χ4n) is 2.54. The number of hydrogen-bond acceptors (Lipinski definition) is 3. The van der Waals surface area contributed by atoms with Crippen LogP contribution in [0.3, 0.4) is 0 Å². The summed E-state index contributed by atoms with van der Waals surface area (Å²) in [6.07, 6.45) is -0.798. The Bertz CT molecular complexity index is 815. The van der Waals surface area contributed by atoms with Crippen LogP contribution in [0.2, 0.25) is 5.02 Å². The van der Waals surface area contributed by atoms with Gasteiger partial charge in [-0.05, 0) is 54.3 Å². The Morgan fingerprint density at radius 2 is 1.82 bits per heavy atom. The number of aliphatic hydroxyl groups excluding tert-OH is 1. The number of benzene rings is 2. The predicted molar refractivity (Wildman–Crippen MR) is 88.5 cm³/mol. The van der Waals surface area contributed by atoms with Crippen molar-refractivity contribution >= 4 is 22.4 Å². The summed E-state index contributed by atoms with van der Waals surface area (Å²) >= 11 is 5.90. The largest absolute Gasteiger partial charge is 0.497 e. The second-order valence-corrected chi connectivity index (χ2v) is 5.63. The van der Waals surface area contributed by atoms with E-state index in [9.17, 15) is 5.11 Å². The highest BCUT2D eigenvalue weighted by molar-refractivity contribution is 6.30. The Hall–Kier alpha value is -2.10. The molecule has 0 aliphatic heterocycles. The van der Waals surface area contributed by atoms with Crippen LogP contribution in [0.1, 0.15) is 23.1 Å². The molecule has 0 radical (unpaired) electrons. The molecule has 0 aliphatic carbocycles. The number of halogens is 1. The van der Waals surface area contributed by atoms with E-state index in [2.05, 4.69) is 4.98 Å². The molecule has 1 atom stereocenters. The van der Waals surface area contributed by atoms with Gasteiger partial charge in [0.15, 0.2) is 0 Å². The molecule has 0 bridgehead atoms. The number of aryl methyl sites for hydroxylation is 1. The number of hydrogen-bond donors (Lipinski definition) is 1.